The molecular formula is C18H30N6O. The van der Waals surface area contributed by atoms with Crippen LogP contribution in [0.15, 0.2) is 6.07 Å². The third-order valence-corrected chi connectivity index (χ3v) is 4.80. The lowest BCUT2D eigenvalue weighted by molar-refractivity contribution is 0.122. The van der Waals surface area contributed by atoms with Crippen LogP contribution in [-0.4, -0.2) is 51.9 Å². The number of anilines is 1. The van der Waals surface area contributed by atoms with Gasteiger partial charge in [0.1, 0.15) is 5.82 Å². The van der Waals surface area contributed by atoms with Gasteiger partial charge in [-0.3, -0.25) is 9.36 Å². The topological polar surface area (TPSA) is 60.1 Å². The summed E-state index contributed by atoms with van der Waals surface area (Å²) in [7, 11) is 2.03. The smallest absolute Gasteiger partial charge is 0.131 e. The van der Waals surface area contributed by atoms with E-state index in [1.54, 1.807) is 0 Å². The fourth-order valence-corrected chi connectivity index (χ4v) is 3.53. The van der Waals surface area contributed by atoms with Gasteiger partial charge in [0.25, 0.3) is 0 Å². The minimum Gasteiger partial charge on any atom is -0.378 e. The molecule has 1 aliphatic rings. The maximum atomic E-state index is 5.49. The first-order valence-corrected chi connectivity index (χ1v) is 9.05. The van der Waals surface area contributed by atoms with Crippen molar-refractivity contribution in [2.45, 2.75) is 46.8 Å². The van der Waals surface area contributed by atoms with E-state index in [1.165, 1.54) is 17.1 Å². The lowest BCUT2D eigenvalue weighted by Gasteiger charge is -2.30. The second-order valence-corrected chi connectivity index (χ2v) is 7.00. The molecule has 0 aliphatic carbocycles. The van der Waals surface area contributed by atoms with E-state index in [0.717, 1.165) is 50.8 Å². The number of morpholine rings is 1. The molecule has 138 valence electrons. The molecule has 25 heavy (non-hydrogen) atoms. The zero-order chi connectivity index (χ0) is 18.0. The normalized spacial score (nSPS) is 16.4. The molecule has 1 aliphatic heterocycles. The lowest BCUT2D eigenvalue weighted by Crippen LogP contribution is -2.38. The van der Waals surface area contributed by atoms with Gasteiger partial charge in [-0.25, -0.2) is 0 Å². The largest absolute Gasteiger partial charge is 0.378 e. The van der Waals surface area contributed by atoms with Crippen LogP contribution in [0.2, 0.25) is 0 Å². The maximum Gasteiger partial charge on any atom is 0.131 e. The molecule has 0 saturated carbocycles. The molecule has 7 nitrogen and oxygen atoms in total. The van der Waals surface area contributed by atoms with Crippen LogP contribution < -0.4 is 10.2 Å². The van der Waals surface area contributed by atoms with Crippen LogP contribution in [0.3, 0.4) is 0 Å². The minimum absolute atomic E-state index is 0.329. The number of ether oxygens (including phenoxy) is 1. The fraction of sp³-hybridized carbons (Fsp3) is 0.667. The van der Waals surface area contributed by atoms with E-state index >= 15 is 0 Å². The van der Waals surface area contributed by atoms with Gasteiger partial charge in [0.2, 0.25) is 0 Å². The molecule has 0 aromatic carbocycles. The second-order valence-electron chi connectivity index (χ2n) is 7.00. The van der Waals surface area contributed by atoms with Crippen molar-refractivity contribution in [3.63, 3.8) is 0 Å². The van der Waals surface area contributed by atoms with E-state index in [0.29, 0.717) is 6.04 Å². The molecule has 3 heterocycles. The Morgan fingerprint density at radius 1 is 1.20 bits per heavy atom. The molecule has 0 radical (unpaired) electrons. The van der Waals surface area contributed by atoms with E-state index in [1.807, 2.05) is 18.7 Å². The second kappa shape index (κ2) is 7.58. The lowest BCUT2D eigenvalue weighted by atomic mass is 10.2. The van der Waals surface area contributed by atoms with Gasteiger partial charge in [-0.05, 0) is 33.8 Å². The minimum atomic E-state index is 0.329. The number of rotatable bonds is 6. The molecule has 0 spiro atoms. The van der Waals surface area contributed by atoms with Gasteiger partial charge in [0.15, 0.2) is 0 Å². The van der Waals surface area contributed by atoms with E-state index in [-0.39, 0.29) is 0 Å². The van der Waals surface area contributed by atoms with E-state index in [4.69, 9.17) is 4.74 Å². The van der Waals surface area contributed by atoms with E-state index in [2.05, 4.69) is 51.9 Å². The molecule has 1 N–H and O–H groups in total. The first-order chi connectivity index (χ1) is 12.0. The summed E-state index contributed by atoms with van der Waals surface area (Å²) in [5.41, 5.74) is 4.65. The first kappa shape index (κ1) is 17.9. The summed E-state index contributed by atoms with van der Waals surface area (Å²) < 4.78 is 9.57. The van der Waals surface area contributed by atoms with Crippen molar-refractivity contribution in [2.24, 2.45) is 7.05 Å². The monoisotopic (exact) mass is 346 g/mol. The zero-order valence-corrected chi connectivity index (χ0v) is 16.0. The molecule has 7 heteroatoms. The third kappa shape index (κ3) is 4.04. The quantitative estimate of drug-likeness (QED) is 0.860. The Labute approximate surface area is 149 Å². The van der Waals surface area contributed by atoms with Crippen LogP contribution >= 0.6 is 0 Å². The van der Waals surface area contributed by atoms with Crippen LogP contribution in [0.25, 0.3) is 0 Å². The summed E-state index contributed by atoms with van der Waals surface area (Å²) >= 11 is 0. The van der Waals surface area contributed by atoms with E-state index in [9.17, 15) is 0 Å². The Kier molecular flexibility index (Phi) is 5.44. The molecule has 1 saturated heterocycles. The summed E-state index contributed by atoms with van der Waals surface area (Å²) in [5.74, 6) is 1.21. The van der Waals surface area contributed by atoms with Crippen LogP contribution in [0.4, 0.5) is 5.82 Å². The molecule has 0 unspecified atom stereocenters. The van der Waals surface area contributed by atoms with Crippen LogP contribution in [0.1, 0.15) is 29.6 Å². The SMILES string of the molecule is Cc1cc(C)n(C[C@@H](C)NCc2c(C)nn(C)c2N2CCOCC2)n1. The summed E-state index contributed by atoms with van der Waals surface area (Å²) in [6.45, 7) is 13.5. The molecule has 1 atom stereocenters. The highest BCUT2D eigenvalue weighted by atomic mass is 16.5. The Bertz CT molecular complexity index is 713. The number of hydrogen-bond donors (Lipinski definition) is 1. The number of aryl methyl sites for hydroxylation is 4. The Hall–Kier alpha value is -1.86. The Morgan fingerprint density at radius 3 is 2.56 bits per heavy atom. The average molecular weight is 346 g/mol. The van der Waals surface area contributed by atoms with Crippen molar-refractivity contribution in [1.29, 1.82) is 0 Å². The van der Waals surface area contributed by atoms with Crippen LogP contribution in [0.5, 0.6) is 0 Å². The summed E-state index contributed by atoms with van der Waals surface area (Å²) in [5, 5.41) is 12.8. The number of nitrogens with one attached hydrogen (secondary N) is 1. The van der Waals surface area contributed by atoms with Gasteiger partial charge in [-0.2, -0.15) is 10.2 Å². The number of nitrogens with zero attached hydrogens (tertiary/aromatic N) is 5. The van der Waals surface area contributed by atoms with Crippen molar-refractivity contribution >= 4 is 5.82 Å². The molecule has 0 amide bonds. The van der Waals surface area contributed by atoms with Gasteiger partial charge in [-0.1, -0.05) is 0 Å². The average Bonchev–Trinajstić information content (AvgIpc) is 3.03. The van der Waals surface area contributed by atoms with Crippen molar-refractivity contribution in [1.82, 2.24) is 24.9 Å². The summed E-state index contributed by atoms with van der Waals surface area (Å²) in [4.78, 5) is 2.38. The van der Waals surface area contributed by atoms with E-state index < -0.39 is 0 Å². The number of hydrogen-bond acceptors (Lipinski definition) is 5. The highest BCUT2D eigenvalue weighted by molar-refractivity contribution is 5.50. The third-order valence-electron chi connectivity index (χ3n) is 4.80. The standard InChI is InChI=1S/C18H30N6O/c1-13-10-15(3)24(20-13)12-14(2)19-11-17-16(4)21-22(5)18(17)23-6-8-25-9-7-23/h10,14,19H,6-9,11-12H2,1-5H3/t14-/m1/s1. The van der Waals surface area contributed by atoms with Crippen LogP contribution in [-0.2, 0) is 24.9 Å². The molecule has 2 aromatic heterocycles. The highest BCUT2D eigenvalue weighted by Crippen LogP contribution is 2.24. The van der Waals surface area contributed by atoms with Gasteiger partial charge >= 0.3 is 0 Å². The maximum absolute atomic E-state index is 5.49. The molecule has 0 bridgehead atoms. The van der Waals surface area contributed by atoms with Gasteiger partial charge in [0.05, 0.1) is 31.1 Å². The molecule has 2 aromatic rings. The van der Waals surface area contributed by atoms with Crippen molar-refractivity contribution < 1.29 is 4.74 Å². The van der Waals surface area contributed by atoms with Gasteiger partial charge < -0.3 is 15.0 Å². The van der Waals surface area contributed by atoms with Gasteiger partial charge in [0, 0.05) is 44.0 Å². The molecular weight excluding hydrogens is 316 g/mol. The Balaban J connectivity index is 1.67. The van der Waals surface area contributed by atoms with Crippen molar-refractivity contribution in [2.75, 3.05) is 31.2 Å². The predicted molar refractivity (Wildman–Crippen MR) is 99.0 cm³/mol. The molecule has 1 fully saturated rings. The summed E-state index contributed by atoms with van der Waals surface area (Å²) in [6.07, 6.45) is 0. The predicted octanol–water partition coefficient (Wildman–Crippen LogP) is 1.56. The van der Waals surface area contributed by atoms with Crippen molar-refractivity contribution in [3.05, 3.63) is 28.7 Å². The molecule has 3 rings (SSSR count). The van der Waals surface area contributed by atoms with Crippen molar-refractivity contribution in [3.8, 4) is 0 Å². The highest BCUT2D eigenvalue weighted by Gasteiger charge is 2.21. The van der Waals surface area contributed by atoms with Gasteiger partial charge in [-0.15, -0.1) is 0 Å². The fourth-order valence-electron chi connectivity index (χ4n) is 3.53. The zero-order valence-electron chi connectivity index (χ0n) is 16.0. The van der Waals surface area contributed by atoms with Crippen LogP contribution in [0, 0.1) is 20.8 Å². The summed E-state index contributed by atoms with van der Waals surface area (Å²) in [6, 6.07) is 2.45. The number of aromatic nitrogens is 4. The first-order valence-electron chi connectivity index (χ1n) is 9.05. The Morgan fingerprint density at radius 2 is 1.92 bits per heavy atom.